The zero-order valence-electron chi connectivity index (χ0n) is 7.32. The Kier molecular flexibility index (Phi) is 5.34. The van der Waals surface area contributed by atoms with Gasteiger partial charge in [-0.1, -0.05) is 13.3 Å². The van der Waals surface area contributed by atoms with Crippen molar-refractivity contribution in [2.24, 2.45) is 0 Å². The van der Waals surface area contributed by atoms with Crippen LogP contribution in [0.1, 0.15) is 19.8 Å². The van der Waals surface area contributed by atoms with E-state index >= 15 is 0 Å². The summed E-state index contributed by atoms with van der Waals surface area (Å²) < 4.78 is 4.74. The van der Waals surface area contributed by atoms with Crippen LogP contribution in [0.25, 0.3) is 0 Å². The molecular weight excluding hydrogens is 176 g/mol. The number of hydrogen-bond acceptors (Lipinski definition) is 3. The van der Waals surface area contributed by atoms with Crippen molar-refractivity contribution in [1.82, 2.24) is 0 Å². The second-order valence-corrected chi connectivity index (χ2v) is 2.35. The summed E-state index contributed by atoms with van der Waals surface area (Å²) in [4.78, 5) is 20.5. The molecule has 5 nitrogen and oxygen atoms in total. The largest absolute Gasteiger partial charge is 0.486 e. The summed E-state index contributed by atoms with van der Waals surface area (Å²) in [5.74, 6) is -3.21. The molecule has 0 saturated carbocycles. The van der Waals surface area contributed by atoms with Crippen LogP contribution < -0.4 is 0 Å². The molecule has 0 spiro atoms. The summed E-state index contributed by atoms with van der Waals surface area (Å²) in [7, 11) is 0. The Labute approximate surface area is 75.6 Å². The third-order valence-electron chi connectivity index (χ3n) is 1.22. The molecule has 13 heavy (non-hydrogen) atoms. The lowest BCUT2D eigenvalue weighted by molar-refractivity contribution is -0.138. The molecule has 0 bridgehead atoms. The maximum atomic E-state index is 10.4. The molecule has 74 valence electrons. The van der Waals surface area contributed by atoms with Crippen LogP contribution in [0, 0.1) is 0 Å². The Morgan fingerprint density at radius 1 is 1.38 bits per heavy atom. The average molecular weight is 188 g/mol. The van der Waals surface area contributed by atoms with E-state index in [1.807, 2.05) is 6.92 Å². The minimum Gasteiger partial charge on any atom is -0.486 e. The molecule has 0 unspecified atom stereocenters. The first-order chi connectivity index (χ1) is 6.07. The maximum Gasteiger partial charge on any atom is 0.371 e. The van der Waals surface area contributed by atoms with Gasteiger partial charge in [-0.2, -0.15) is 0 Å². The van der Waals surface area contributed by atoms with Gasteiger partial charge in [-0.15, -0.1) is 0 Å². The van der Waals surface area contributed by atoms with Crippen LogP contribution in [-0.2, 0) is 14.3 Å². The highest BCUT2D eigenvalue weighted by Crippen LogP contribution is 2.00. The predicted octanol–water partition coefficient (Wildman–Crippen LogP) is 0.856. The molecule has 0 radical (unpaired) electrons. The Morgan fingerprint density at radius 2 is 2.00 bits per heavy atom. The molecule has 0 aromatic heterocycles. The van der Waals surface area contributed by atoms with Crippen LogP contribution in [0.15, 0.2) is 11.8 Å². The summed E-state index contributed by atoms with van der Waals surface area (Å²) in [5.41, 5.74) is 0. The summed E-state index contributed by atoms with van der Waals surface area (Å²) in [5, 5.41) is 16.7. The van der Waals surface area contributed by atoms with Gasteiger partial charge in [0.05, 0.1) is 12.7 Å². The van der Waals surface area contributed by atoms with Gasteiger partial charge >= 0.3 is 11.9 Å². The molecule has 0 aliphatic heterocycles. The van der Waals surface area contributed by atoms with Crippen molar-refractivity contribution in [3.63, 3.8) is 0 Å². The number of carboxylic acids is 2. The molecule has 0 aromatic carbocycles. The third kappa shape index (κ3) is 5.72. The zero-order chi connectivity index (χ0) is 10.3. The normalized spacial score (nSPS) is 11.0. The molecule has 0 aliphatic rings. The lowest BCUT2D eigenvalue weighted by atomic mass is 10.3. The van der Waals surface area contributed by atoms with Crippen molar-refractivity contribution in [3.8, 4) is 0 Å². The number of ether oxygens (including phenoxy) is 1. The van der Waals surface area contributed by atoms with E-state index in [-0.39, 0.29) is 6.61 Å². The third-order valence-corrected chi connectivity index (χ3v) is 1.22. The topological polar surface area (TPSA) is 83.8 Å². The van der Waals surface area contributed by atoms with Gasteiger partial charge in [0.1, 0.15) is 0 Å². The van der Waals surface area contributed by atoms with Crippen LogP contribution in [-0.4, -0.2) is 28.8 Å². The number of rotatable bonds is 6. The van der Waals surface area contributed by atoms with E-state index in [9.17, 15) is 9.59 Å². The Hall–Kier alpha value is -1.52. The molecule has 0 aliphatic carbocycles. The SMILES string of the molecule is CCCCO/C(=C\C(=O)O)C(=O)O. The fraction of sp³-hybridized carbons (Fsp3) is 0.500. The molecule has 5 heteroatoms. The number of carbonyl (C=O) groups is 2. The molecule has 0 saturated heterocycles. The number of hydrogen-bond donors (Lipinski definition) is 2. The van der Waals surface area contributed by atoms with Crippen molar-refractivity contribution < 1.29 is 24.5 Å². The van der Waals surface area contributed by atoms with E-state index in [1.165, 1.54) is 0 Å². The minimum atomic E-state index is -1.36. The van der Waals surface area contributed by atoms with Gasteiger partial charge in [0.2, 0.25) is 5.76 Å². The molecule has 2 N–H and O–H groups in total. The van der Waals surface area contributed by atoms with Gasteiger partial charge in [-0.05, 0) is 6.42 Å². The lowest BCUT2D eigenvalue weighted by Crippen LogP contribution is -2.08. The van der Waals surface area contributed by atoms with Crippen LogP contribution in [0.4, 0.5) is 0 Å². The van der Waals surface area contributed by atoms with Gasteiger partial charge in [-0.3, -0.25) is 0 Å². The quantitative estimate of drug-likeness (QED) is 0.367. The minimum absolute atomic E-state index is 0.224. The van der Waals surface area contributed by atoms with Crippen molar-refractivity contribution >= 4 is 11.9 Å². The fourth-order valence-electron chi connectivity index (χ4n) is 0.604. The lowest BCUT2D eigenvalue weighted by Gasteiger charge is -2.03. The van der Waals surface area contributed by atoms with E-state index in [0.29, 0.717) is 12.5 Å². The molecule has 0 fully saturated rings. The molecule has 0 aromatic rings. The Morgan fingerprint density at radius 3 is 2.38 bits per heavy atom. The van der Waals surface area contributed by atoms with E-state index in [0.717, 1.165) is 6.42 Å². The van der Waals surface area contributed by atoms with E-state index in [4.69, 9.17) is 14.9 Å². The average Bonchev–Trinajstić information content (AvgIpc) is 2.02. The van der Waals surface area contributed by atoms with E-state index in [2.05, 4.69) is 0 Å². The van der Waals surface area contributed by atoms with Crippen LogP contribution in [0.2, 0.25) is 0 Å². The first kappa shape index (κ1) is 11.5. The number of unbranched alkanes of at least 4 members (excludes halogenated alkanes) is 1. The summed E-state index contributed by atoms with van der Waals surface area (Å²) >= 11 is 0. The molecular formula is C8H12O5. The molecule has 0 rings (SSSR count). The van der Waals surface area contributed by atoms with E-state index in [1.54, 1.807) is 0 Å². The van der Waals surface area contributed by atoms with Gasteiger partial charge in [0, 0.05) is 0 Å². The predicted molar refractivity (Wildman–Crippen MR) is 44.2 cm³/mol. The van der Waals surface area contributed by atoms with Gasteiger partial charge < -0.3 is 14.9 Å². The molecule has 0 amide bonds. The first-order valence-corrected chi connectivity index (χ1v) is 3.88. The zero-order valence-corrected chi connectivity index (χ0v) is 7.32. The van der Waals surface area contributed by atoms with E-state index < -0.39 is 17.7 Å². The maximum absolute atomic E-state index is 10.4. The van der Waals surface area contributed by atoms with Crippen molar-refractivity contribution in [3.05, 3.63) is 11.8 Å². The second kappa shape index (κ2) is 6.05. The number of aliphatic carboxylic acids is 2. The highest BCUT2D eigenvalue weighted by molar-refractivity contribution is 5.92. The highest BCUT2D eigenvalue weighted by Gasteiger charge is 2.10. The Bertz CT molecular complexity index is 219. The van der Waals surface area contributed by atoms with Crippen LogP contribution in [0.3, 0.4) is 0 Å². The van der Waals surface area contributed by atoms with Gasteiger partial charge in [0.15, 0.2) is 0 Å². The fourth-order valence-corrected chi connectivity index (χ4v) is 0.604. The molecule has 0 heterocycles. The van der Waals surface area contributed by atoms with Crippen molar-refractivity contribution in [1.29, 1.82) is 0 Å². The second-order valence-electron chi connectivity index (χ2n) is 2.35. The summed E-state index contributed by atoms with van der Waals surface area (Å²) in [6.07, 6.45) is 2.10. The van der Waals surface area contributed by atoms with Crippen LogP contribution in [0.5, 0.6) is 0 Å². The summed E-state index contributed by atoms with van der Waals surface area (Å²) in [6.45, 7) is 2.15. The summed E-state index contributed by atoms with van der Waals surface area (Å²) in [6, 6.07) is 0. The van der Waals surface area contributed by atoms with Crippen molar-refractivity contribution in [2.45, 2.75) is 19.8 Å². The number of carboxylic acid groups (broad SMARTS) is 2. The first-order valence-electron chi connectivity index (χ1n) is 3.88. The standard InChI is InChI=1S/C8H12O5/c1-2-3-4-13-6(8(11)12)5-7(9)10/h5H,2-4H2,1H3,(H,9,10)(H,11,12)/b6-5-. The highest BCUT2D eigenvalue weighted by atomic mass is 16.5. The van der Waals surface area contributed by atoms with Gasteiger partial charge in [-0.25, -0.2) is 9.59 Å². The van der Waals surface area contributed by atoms with Crippen molar-refractivity contribution in [2.75, 3.05) is 6.61 Å². The Balaban J connectivity index is 4.11. The molecule has 0 atom stereocenters. The van der Waals surface area contributed by atoms with Gasteiger partial charge in [0.25, 0.3) is 0 Å². The monoisotopic (exact) mass is 188 g/mol. The smallest absolute Gasteiger partial charge is 0.371 e. The van der Waals surface area contributed by atoms with Crippen LogP contribution >= 0.6 is 0 Å².